The average Bonchev–Trinajstić information content (AvgIpc) is 2.72. The molecular weight excluding hydrogens is 237 g/mol. The standard InChI is InChI=1S/C10H17F3N2O2/c11-10(12,13)6-15-8(17)14-5-9(7-16)3-1-2-4-9/h16H,1-7H2,(H2,14,15,17). The summed E-state index contributed by atoms with van der Waals surface area (Å²) < 4.78 is 35.4. The molecule has 7 heteroatoms. The van der Waals surface area contributed by atoms with E-state index in [4.69, 9.17) is 0 Å². The molecule has 0 aliphatic heterocycles. The number of hydrogen-bond donors (Lipinski definition) is 3. The molecule has 0 radical (unpaired) electrons. The predicted molar refractivity (Wildman–Crippen MR) is 55.4 cm³/mol. The Morgan fingerprint density at radius 1 is 1.24 bits per heavy atom. The van der Waals surface area contributed by atoms with Crippen LogP contribution in [0.5, 0.6) is 0 Å². The van der Waals surface area contributed by atoms with Crippen LogP contribution in [0.25, 0.3) is 0 Å². The molecule has 0 bridgehead atoms. The molecule has 4 nitrogen and oxygen atoms in total. The number of alkyl halides is 3. The third-order valence-corrected chi connectivity index (χ3v) is 3.07. The van der Waals surface area contributed by atoms with Crippen LogP contribution >= 0.6 is 0 Å². The summed E-state index contributed by atoms with van der Waals surface area (Å²) in [5.41, 5.74) is -0.352. The third-order valence-electron chi connectivity index (χ3n) is 3.07. The first-order valence-electron chi connectivity index (χ1n) is 5.56. The number of carbonyl (C=O) groups excluding carboxylic acids is 1. The first-order chi connectivity index (χ1) is 7.87. The number of nitrogens with one attached hydrogen (secondary N) is 2. The fraction of sp³-hybridized carbons (Fsp3) is 0.900. The molecule has 0 saturated heterocycles. The lowest BCUT2D eigenvalue weighted by molar-refractivity contribution is -0.122. The summed E-state index contributed by atoms with van der Waals surface area (Å²) >= 11 is 0. The summed E-state index contributed by atoms with van der Waals surface area (Å²) in [7, 11) is 0. The number of rotatable bonds is 4. The minimum atomic E-state index is -4.40. The zero-order valence-corrected chi connectivity index (χ0v) is 9.44. The van der Waals surface area contributed by atoms with Crippen molar-refractivity contribution in [2.24, 2.45) is 5.41 Å². The highest BCUT2D eigenvalue weighted by Crippen LogP contribution is 2.36. The molecule has 0 aromatic rings. The van der Waals surface area contributed by atoms with Gasteiger partial charge in [0.25, 0.3) is 0 Å². The van der Waals surface area contributed by atoms with E-state index in [2.05, 4.69) is 5.32 Å². The molecule has 17 heavy (non-hydrogen) atoms. The van der Waals surface area contributed by atoms with Gasteiger partial charge in [-0.05, 0) is 12.8 Å². The molecule has 100 valence electrons. The van der Waals surface area contributed by atoms with Crippen molar-refractivity contribution in [1.82, 2.24) is 10.6 Å². The highest BCUT2D eigenvalue weighted by atomic mass is 19.4. The first-order valence-corrected chi connectivity index (χ1v) is 5.56. The molecule has 0 aromatic carbocycles. The fourth-order valence-electron chi connectivity index (χ4n) is 2.03. The number of urea groups is 1. The lowest BCUT2D eigenvalue weighted by Crippen LogP contribution is -2.45. The van der Waals surface area contributed by atoms with Crippen molar-refractivity contribution in [2.75, 3.05) is 19.7 Å². The monoisotopic (exact) mass is 254 g/mol. The van der Waals surface area contributed by atoms with E-state index in [1.807, 2.05) is 0 Å². The van der Waals surface area contributed by atoms with Gasteiger partial charge in [-0.1, -0.05) is 12.8 Å². The lowest BCUT2D eigenvalue weighted by atomic mass is 9.87. The summed E-state index contributed by atoms with van der Waals surface area (Å²) in [6, 6.07) is -0.845. The van der Waals surface area contributed by atoms with Gasteiger partial charge in [-0.3, -0.25) is 0 Å². The molecule has 1 aliphatic rings. The zero-order valence-electron chi connectivity index (χ0n) is 9.44. The minimum absolute atomic E-state index is 0.0491. The highest BCUT2D eigenvalue weighted by Gasteiger charge is 2.34. The van der Waals surface area contributed by atoms with Crippen molar-refractivity contribution < 1.29 is 23.1 Å². The molecule has 1 fully saturated rings. The summed E-state index contributed by atoms with van der Waals surface area (Å²) in [6.07, 6.45) is -0.857. The summed E-state index contributed by atoms with van der Waals surface area (Å²) in [5.74, 6) is 0. The highest BCUT2D eigenvalue weighted by molar-refractivity contribution is 5.73. The molecule has 0 aromatic heterocycles. The number of hydrogen-bond acceptors (Lipinski definition) is 2. The van der Waals surface area contributed by atoms with Crippen molar-refractivity contribution in [3.63, 3.8) is 0 Å². The van der Waals surface area contributed by atoms with Crippen LogP contribution < -0.4 is 10.6 Å². The average molecular weight is 254 g/mol. The molecule has 1 aliphatic carbocycles. The smallest absolute Gasteiger partial charge is 0.396 e. The fourth-order valence-corrected chi connectivity index (χ4v) is 2.03. The molecule has 0 unspecified atom stereocenters. The Morgan fingerprint density at radius 3 is 2.29 bits per heavy atom. The second-order valence-corrected chi connectivity index (χ2v) is 4.52. The Balaban J connectivity index is 2.27. The summed E-state index contributed by atoms with van der Waals surface area (Å²) in [5, 5.41) is 13.3. The van der Waals surface area contributed by atoms with Gasteiger partial charge in [0.15, 0.2) is 0 Å². The quantitative estimate of drug-likeness (QED) is 0.710. The van der Waals surface area contributed by atoms with Gasteiger partial charge in [0, 0.05) is 12.0 Å². The second kappa shape index (κ2) is 5.57. The Bertz CT molecular complexity index is 263. The minimum Gasteiger partial charge on any atom is -0.396 e. The molecular formula is C10H17F3N2O2. The zero-order chi connectivity index (χ0) is 12.9. The third kappa shape index (κ3) is 4.80. The van der Waals surface area contributed by atoms with Gasteiger partial charge in [0.1, 0.15) is 6.54 Å². The van der Waals surface area contributed by atoms with Crippen LogP contribution in [-0.4, -0.2) is 37.0 Å². The van der Waals surface area contributed by atoms with Crippen molar-refractivity contribution in [1.29, 1.82) is 0 Å². The Labute approximate surface area is 97.6 Å². The van der Waals surface area contributed by atoms with E-state index in [9.17, 15) is 23.1 Å². The Kier molecular flexibility index (Phi) is 4.62. The van der Waals surface area contributed by atoms with Crippen LogP contribution in [0.4, 0.5) is 18.0 Å². The Morgan fingerprint density at radius 2 is 1.82 bits per heavy atom. The van der Waals surface area contributed by atoms with E-state index in [-0.39, 0.29) is 18.6 Å². The Hall–Kier alpha value is -0.980. The van der Waals surface area contributed by atoms with Gasteiger partial charge in [-0.2, -0.15) is 13.2 Å². The SMILES string of the molecule is O=C(NCC(F)(F)F)NCC1(CO)CCCC1. The molecule has 0 spiro atoms. The van der Waals surface area contributed by atoms with Crippen molar-refractivity contribution in [3.05, 3.63) is 0 Å². The van der Waals surface area contributed by atoms with E-state index in [0.29, 0.717) is 0 Å². The number of aliphatic hydroxyl groups excluding tert-OH is 1. The van der Waals surface area contributed by atoms with E-state index in [0.717, 1.165) is 25.7 Å². The van der Waals surface area contributed by atoms with Gasteiger partial charge < -0.3 is 15.7 Å². The largest absolute Gasteiger partial charge is 0.405 e. The van der Waals surface area contributed by atoms with Crippen LogP contribution in [0.2, 0.25) is 0 Å². The molecule has 0 atom stereocenters. The van der Waals surface area contributed by atoms with Crippen LogP contribution in [0.3, 0.4) is 0 Å². The summed E-state index contributed by atoms with van der Waals surface area (Å²) in [4.78, 5) is 11.1. The van der Waals surface area contributed by atoms with Gasteiger partial charge in [-0.25, -0.2) is 4.79 Å². The maximum atomic E-state index is 11.8. The van der Waals surface area contributed by atoms with Crippen molar-refractivity contribution in [2.45, 2.75) is 31.9 Å². The van der Waals surface area contributed by atoms with Crippen molar-refractivity contribution in [3.8, 4) is 0 Å². The van der Waals surface area contributed by atoms with E-state index >= 15 is 0 Å². The topological polar surface area (TPSA) is 61.4 Å². The second-order valence-electron chi connectivity index (χ2n) is 4.52. The maximum Gasteiger partial charge on any atom is 0.405 e. The number of amides is 2. The predicted octanol–water partition coefficient (Wildman–Crippen LogP) is 1.40. The van der Waals surface area contributed by atoms with Crippen LogP contribution in [0, 0.1) is 5.41 Å². The molecule has 3 N–H and O–H groups in total. The maximum absolute atomic E-state index is 11.8. The normalized spacial score (nSPS) is 19.1. The molecule has 2 amide bonds. The molecule has 1 saturated carbocycles. The van der Waals surface area contributed by atoms with Gasteiger partial charge in [0.2, 0.25) is 0 Å². The van der Waals surface area contributed by atoms with Gasteiger partial charge in [0.05, 0.1) is 6.61 Å². The van der Waals surface area contributed by atoms with Crippen LogP contribution in [0.1, 0.15) is 25.7 Å². The number of halogens is 3. The first kappa shape index (κ1) is 14.1. The van der Waals surface area contributed by atoms with Gasteiger partial charge in [-0.15, -0.1) is 0 Å². The summed E-state index contributed by atoms with van der Waals surface area (Å²) in [6.45, 7) is -1.18. The molecule has 0 heterocycles. The molecule has 1 rings (SSSR count). The van der Waals surface area contributed by atoms with E-state index in [1.54, 1.807) is 5.32 Å². The van der Waals surface area contributed by atoms with E-state index < -0.39 is 18.8 Å². The van der Waals surface area contributed by atoms with Crippen LogP contribution in [0.15, 0.2) is 0 Å². The number of aliphatic hydroxyl groups is 1. The van der Waals surface area contributed by atoms with Crippen LogP contribution in [-0.2, 0) is 0 Å². The van der Waals surface area contributed by atoms with E-state index in [1.165, 1.54) is 0 Å². The van der Waals surface area contributed by atoms with Crippen molar-refractivity contribution >= 4 is 6.03 Å². The van der Waals surface area contributed by atoms with Gasteiger partial charge >= 0.3 is 12.2 Å². The lowest BCUT2D eigenvalue weighted by Gasteiger charge is -2.26. The number of carbonyl (C=O) groups is 1.